The maximum Gasteiger partial charge on any atom is 0.145 e. The zero-order valence-corrected chi connectivity index (χ0v) is 6.34. The van der Waals surface area contributed by atoms with Crippen molar-refractivity contribution in [2.75, 3.05) is 6.54 Å². The van der Waals surface area contributed by atoms with Crippen molar-refractivity contribution in [2.24, 2.45) is 10.9 Å². The molecule has 2 N–H and O–H groups in total. The van der Waals surface area contributed by atoms with Crippen LogP contribution in [0.1, 0.15) is 26.2 Å². The maximum absolute atomic E-state index is 5.39. The van der Waals surface area contributed by atoms with E-state index < -0.39 is 0 Å². The third-order valence-electron chi connectivity index (χ3n) is 1.60. The Morgan fingerprint density at radius 2 is 2.60 bits per heavy atom. The van der Waals surface area contributed by atoms with Gasteiger partial charge in [-0.3, -0.25) is 0 Å². The first kappa shape index (κ1) is 7.54. The predicted octanol–water partition coefficient (Wildman–Crippen LogP) is 0.890. The molecule has 3 heteroatoms. The van der Waals surface area contributed by atoms with Crippen LogP contribution in [0.3, 0.4) is 0 Å². The van der Waals surface area contributed by atoms with Crippen molar-refractivity contribution in [3.05, 3.63) is 0 Å². The first-order valence-electron chi connectivity index (χ1n) is 3.78. The molecule has 0 aliphatic carbocycles. The predicted molar refractivity (Wildman–Crippen MR) is 40.9 cm³/mol. The van der Waals surface area contributed by atoms with Gasteiger partial charge in [0.25, 0.3) is 0 Å². The highest BCUT2D eigenvalue weighted by Gasteiger charge is 2.17. The molecule has 0 aromatic rings. The highest BCUT2D eigenvalue weighted by atomic mass is 16.6. The smallest absolute Gasteiger partial charge is 0.145 e. The minimum atomic E-state index is 0.154. The van der Waals surface area contributed by atoms with E-state index >= 15 is 0 Å². The SMILES string of the molecule is CCCC1=NO[C@@H](CN)C1. The molecule has 1 rings (SSSR count). The average Bonchev–Trinajstić information content (AvgIpc) is 2.37. The highest BCUT2D eigenvalue weighted by molar-refractivity contribution is 5.85. The quantitative estimate of drug-likeness (QED) is 0.636. The van der Waals surface area contributed by atoms with Crippen LogP contribution in [0.2, 0.25) is 0 Å². The normalized spacial score (nSPS) is 24.2. The molecule has 0 bridgehead atoms. The van der Waals surface area contributed by atoms with Crippen molar-refractivity contribution in [3.63, 3.8) is 0 Å². The van der Waals surface area contributed by atoms with Crippen molar-refractivity contribution in [1.29, 1.82) is 0 Å². The molecule has 10 heavy (non-hydrogen) atoms. The number of hydrogen-bond donors (Lipinski definition) is 1. The molecule has 0 radical (unpaired) electrons. The minimum absolute atomic E-state index is 0.154. The Morgan fingerprint density at radius 3 is 3.10 bits per heavy atom. The summed E-state index contributed by atoms with van der Waals surface area (Å²) in [4.78, 5) is 5.03. The summed E-state index contributed by atoms with van der Waals surface area (Å²) in [6.45, 7) is 2.72. The van der Waals surface area contributed by atoms with Gasteiger partial charge in [-0.05, 0) is 6.42 Å². The first-order chi connectivity index (χ1) is 4.86. The van der Waals surface area contributed by atoms with Gasteiger partial charge in [-0.15, -0.1) is 0 Å². The molecular formula is C7H14N2O. The van der Waals surface area contributed by atoms with E-state index in [4.69, 9.17) is 10.6 Å². The molecular weight excluding hydrogens is 128 g/mol. The molecule has 0 unspecified atom stereocenters. The lowest BCUT2D eigenvalue weighted by Gasteiger charge is -2.01. The van der Waals surface area contributed by atoms with Crippen LogP contribution in [0.5, 0.6) is 0 Å². The Hall–Kier alpha value is -0.570. The van der Waals surface area contributed by atoms with E-state index in [2.05, 4.69) is 12.1 Å². The summed E-state index contributed by atoms with van der Waals surface area (Å²) >= 11 is 0. The van der Waals surface area contributed by atoms with Gasteiger partial charge in [-0.25, -0.2) is 0 Å². The summed E-state index contributed by atoms with van der Waals surface area (Å²) in [6.07, 6.45) is 3.28. The standard InChI is InChI=1S/C7H14N2O/c1-2-3-6-4-7(5-8)10-9-6/h7H,2-5,8H2,1H3/t7-/m1/s1. The van der Waals surface area contributed by atoms with Gasteiger partial charge in [-0.1, -0.05) is 18.5 Å². The molecule has 1 heterocycles. The molecule has 0 aromatic carbocycles. The van der Waals surface area contributed by atoms with Crippen molar-refractivity contribution in [1.82, 2.24) is 0 Å². The first-order valence-corrected chi connectivity index (χ1v) is 3.78. The second kappa shape index (κ2) is 3.56. The monoisotopic (exact) mass is 142 g/mol. The fourth-order valence-corrected chi connectivity index (χ4v) is 1.05. The van der Waals surface area contributed by atoms with E-state index in [1.807, 2.05) is 0 Å². The number of rotatable bonds is 3. The van der Waals surface area contributed by atoms with Gasteiger partial charge in [0.2, 0.25) is 0 Å². The molecule has 58 valence electrons. The van der Waals surface area contributed by atoms with E-state index in [1.54, 1.807) is 0 Å². The average molecular weight is 142 g/mol. The van der Waals surface area contributed by atoms with E-state index in [-0.39, 0.29) is 6.10 Å². The third kappa shape index (κ3) is 1.70. The van der Waals surface area contributed by atoms with Crippen molar-refractivity contribution in [3.8, 4) is 0 Å². The Kier molecular flexibility index (Phi) is 2.68. The largest absolute Gasteiger partial charge is 0.391 e. The molecule has 0 amide bonds. The Bertz CT molecular complexity index is 134. The van der Waals surface area contributed by atoms with Crippen molar-refractivity contribution >= 4 is 5.71 Å². The molecule has 0 saturated heterocycles. The summed E-state index contributed by atoms with van der Waals surface area (Å²) in [7, 11) is 0. The second-order valence-corrected chi connectivity index (χ2v) is 2.57. The lowest BCUT2D eigenvalue weighted by Crippen LogP contribution is -2.19. The van der Waals surface area contributed by atoms with Gasteiger partial charge in [0.15, 0.2) is 0 Å². The summed E-state index contributed by atoms with van der Waals surface area (Å²) in [5, 5.41) is 3.91. The van der Waals surface area contributed by atoms with Crippen molar-refractivity contribution in [2.45, 2.75) is 32.3 Å². The summed E-state index contributed by atoms with van der Waals surface area (Å²) in [5.74, 6) is 0. The summed E-state index contributed by atoms with van der Waals surface area (Å²) in [6, 6.07) is 0. The molecule has 0 fully saturated rings. The number of nitrogens with zero attached hydrogens (tertiary/aromatic N) is 1. The summed E-state index contributed by atoms with van der Waals surface area (Å²) in [5.41, 5.74) is 6.56. The molecule has 0 saturated carbocycles. The molecule has 0 spiro atoms. The van der Waals surface area contributed by atoms with Crippen LogP contribution in [0.4, 0.5) is 0 Å². The van der Waals surface area contributed by atoms with Crippen LogP contribution in [-0.4, -0.2) is 18.4 Å². The van der Waals surface area contributed by atoms with E-state index in [0.717, 1.165) is 25.0 Å². The lowest BCUT2D eigenvalue weighted by molar-refractivity contribution is 0.0918. The molecule has 1 aliphatic rings. The van der Waals surface area contributed by atoms with Crippen LogP contribution in [0.25, 0.3) is 0 Å². The molecule has 0 aromatic heterocycles. The van der Waals surface area contributed by atoms with Gasteiger partial charge >= 0.3 is 0 Å². The van der Waals surface area contributed by atoms with E-state index in [0.29, 0.717) is 6.54 Å². The van der Waals surface area contributed by atoms with Gasteiger partial charge in [0, 0.05) is 13.0 Å². The second-order valence-electron chi connectivity index (χ2n) is 2.57. The fourth-order valence-electron chi connectivity index (χ4n) is 1.05. The van der Waals surface area contributed by atoms with Crippen molar-refractivity contribution < 1.29 is 4.84 Å². The van der Waals surface area contributed by atoms with Crippen LogP contribution < -0.4 is 5.73 Å². The van der Waals surface area contributed by atoms with Crippen LogP contribution in [0.15, 0.2) is 5.16 Å². The number of oxime groups is 1. The van der Waals surface area contributed by atoms with Gasteiger partial charge < -0.3 is 10.6 Å². The number of nitrogens with two attached hydrogens (primary N) is 1. The fraction of sp³-hybridized carbons (Fsp3) is 0.857. The minimum Gasteiger partial charge on any atom is -0.391 e. The third-order valence-corrected chi connectivity index (χ3v) is 1.60. The van der Waals surface area contributed by atoms with Gasteiger partial charge in [0.1, 0.15) is 6.10 Å². The topological polar surface area (TPSA) is 47.6 Å². The zero-order chi connectivity index (χ0) is 7.40. The molecule has 1 atom stereocenters. The Labute approximate surface area is 61.2 Å². The maximum atomic E-state index is 5.39. The number of hydrogen-bond acceptors (Lipinski definition) is 3. The van der Waals surface area contributed by atoms with Crippen LogP contribution in [-0.2, 0) is 4.84 Å². The van der Waals surface area contributed by atoms with E-state index in [1.165, 1.54) is 0 Å². The van der Waals surface area contributed by atoms with Gasteiger partial charge in [0.05, 0.1) is 5.71 Å². The van der Waals surface area contributed by atoms with Gasteiger partial charge in [-0.2, -0.15) is 0 Å². The Morgan fingerprint density at radius 1 is 1.80 bits per heavy atom. The lowest BCUT2D eigenvalue weighted by atomic mass is 10.1. The zero-order valence-electron chi connectivity index (χ0n) is 6.34. The van der Waals surface area contributed by atoms with Crippen LogP contribution >= 0.6 is 0 Å². The highest BCUT2D eigenvalue weighted by Crippen LogP contribution is 2.12. The van der Waals surface area contributed by atoms with E-state index in [9.17, 15) is 0 Å². The summed E-state index contributed by atoms with van der Waals surface area (Å²) < 4.78 is 0. The van der Waals surface area contributed by atoms with Crippen LogP contribution in [0, 0.1) is 0 Å². The molecule has 1 aliphatic heterocycles. The Balaban J connectivity index is 2.25. The molecule has 3 nitrogen and oxygen atoms in total.